The predicted octanol–water partition coefficient (Wildman–Crippen LogP) is 3.76. The SMILES string of the molecule is CCCn1nncc1CCC(Br)c1ccccc1. The van der Waals surface area contributed by atoms with Crippen LogP contribution in [0.5, 0.6) is 0 Å². The molecule has 0 radical (unpaired) electrons. The van der Waals surface area contributed by atoms with Crippen LogP contribution in [0.15, 0.2) is 36.5 Å². The Morgan fingerprint density at radius 3 is 2.78 bits per heavy atom. The molecule has 0 amide bonds. The Balaban J connectivity index is 1.93. The third-order valence-electron chi connectivity index (χ3n) is 2.95. The molecule has 0 bridgehead atoms. The van der Waals surface area contributed by atoms with Gasteiger partial charge in [0, 0.05) is 11.4 Å². The molecule has 1 heterocycles. The maximum atomic E-state index is 4.11. The van der Waals surface area contributed by atoms with E-state index < -0.39 is 0 Å². The van der Waals surface area contributed by atoms with E-state index in [9.17, 15) is 0 Å². The number of halogens is 1. The summed E-state index contributed by atoms with van der Waals surface area (Å²) < 4.78 is 2.00. The Labute approximate surface area is 116 Å². The highest BCUT2D eigenvalue weighted by Crippen LogP contribution is 2.27. The van der Waals surface area contributed by atoms with Crippen molar-refractivity contribution in [1.29, 1.82) is 0 Å². The Bertz CT molecular complexity index is 467. The van der Waals surface area contributed by atoms with E-state index in [0.29, 0.717) is 4.83 Å². The van der Waals surface area contributed by atoms with Crippen LogP contribution < -0.4 is 0 Å². The fraction of sp³-hybridized carbons (Fsp3) is 0.429. The molecule has 18 heavy (non-hydrogen) atoms. The van der Waals surface area contributed by atoms with Crippen LogP contribution in [0.25, 0.3) is 0 Å². The number of rotatable bonds is 6. The first-order valence-electron chi connectivity index (χ1n) is 6.37. The highest BCUT2D eigenvalue weighted by molar-refractivity contribution is 9.09. The van der Waals surface area contributed by atoms with E-state index in [1.807, 2.05) is 16.9 Å². The first-order chi connectivity index (χ1) is 8.81. The number of hydrogen-bond acceptors (Lipinski definition) is 2. The van der Waals surface area contributed by atoms with Crippen LogP contribution in [0.3, 0.4) is 0 Å². The highest BCUT2D eigenvalue weighted by atomic mass is 79.9. The molecule has 1 aromatic carbocycles. The van der Waals surface area contributed by atoms with Gasteiger partial charge in [-0.1, -0.05) is 58.4 Å². The minimum atomic E-state index is 0.392. The lowest BCUT2D eigenvalue weighted by atomic mass is 10.1. The highest BCUT2D eigenvalue weighted by Gasteiger charge is 2.09. The molecular weight excluding hydrogens is 290 g/mol. The van der Waals surface area contributed by atoms with Gasteiger partial charge in [-0.25, -0.2) is 4.68 Å². The largest absolute Gasteiger partial charge is 0.249 e. The van der Waals surface area contributed by atoms with Gasteiger partial charge >= 0.3 is 0 Å². The Kier molecular flexibility index (Phi) is 4.93. The summed E-state index contributed by atoms with van der Waals surface area (Å²) in [6, 6.07) is 10.5. The lowest BCUT2D eigenvalue weighted by Gasteiger charge is -2.10. The molecule has 0 saturated heterocycles. The van der Waals surface area contributed by atoms with Crippen LogP contribution in [0.1, 0.15) is 35.8 Å². The zero-order valence-corrected chi connectivity index (χ0v) is 12.2. The summed E-state index contributed by atoms with van der Waals surface area (Å²) in [6.45, 7) is 3.11. The van der Waals surface area contributed by atoms with Crippen LogP contribution in [-0.4, -0.2) is 15.0 Å². The molecule has 2 aromatic rings. The van der Waals surface area contributed by atoms with Gasteiger partial charge in [-0.05, 0) is 24.8 Å². The fourth-order valence-corrected chi connectivity index (χ4v) is 2.51. The lowest BCUT2D eigenvalue weighted by molar-refractivity contribution is 0.549. The van der Waals surface area contributed by atoms with Crippen molar-refractivity contribution >= 4 is 15.9 Å². The molecule has 4 heteroatoms. The number of nitrogens with zero attached hydrogens (tertiary/aromatic N) is 3. The Hall–Kier alpha value is -1.16. The monoisotopic (exact) mass is 307 g/mol. The summed E-state index contributed by atoms with van der Waals surface area (Å²) in [5.41, 5.74) is 2.55. The summed E-state index contributed by atoms with van der Waals surface area (Å²) in [4.78, 5) is 0.392. The normalized spacial score (nSPS) is 12.6. The predicted molar refractivity (Wildman–Crippen MR) is 76.7 cm³/mol. The van der Waals surface area contributed by atoms with Gasteiger partial charge in [0.25, 0.3) is 0 Å². The molecule has 3 nitrogen and oxygen atoms in total. The van der Waals surface area contributed by atoms with E-state index in [2.05, 4.69) is 57.4 Å². The van der Waals surface area contributed by atoms with Crippen molar-refractivity contribution in [3.05, 3.63) is 47.8 Å². The molecule has 1 aromatic heterocycles. The summed E-state index contributed by atoms with van der Waals surface area (Å²) in [5, 5.41) is 8.10. The molecule has 0 N–H and O–H groups in total. The molecule has 0 spiro atoms. The third-order valence-corrected chi connectivity index (χ3v) is 3.94. The van der Waals surface area contributed by atoms with Gasteiger partial charge in [0.05, 0.1) is 11.9 Å². The quantitative estimate of drug-likeness (QED) is 0.761. The number of aryl methyl sites for hydroxylation is 2. The number of hydrogen-bond donors (Lipinski definition) is 0. The average Bonchev–Trinajstić information content (AvgIpc) is 2.85. The van der Waals surface area contributed by atoms with Crippen LogP contribution in [-0.2, 0) is 13.0 Å². The lowest BCUT2D eigenvalue weighted by Crippen LogP contribution is -2.05. The molecule has 96 valence electrons. The topological polar surface area (TPSA) is 30.7 Å². The number of benzene rings is 1. The van der Waals surface area contributed by atoms with E-state index in [1.54, 1.807) is 0 Å². The van der Waals surface area contributed by atoms with E-state index in [4.69, 9.17) is 0 Å². The Morgan fingerprint density at radius 2 is 2.06 bits per heavy atom. The van der Waals surface area contributed by atoms with E-state index in [1.165, 1.54) is 11.3 Å². The number of alkyl halides is 1. The van der Waals surface area contributed by atoms with Crippen molar-refractivity contribution < 1.29 is 0 Å². The van der Waals surface area contributed by atoms with Crippen molar-refractivity contribution in [3.8, 4) is 0 Å². The molecular formula is C14H18BrN3. The molecule has 1 unspecified atom stereocenters. The third kappa shape index (κ3) is 3.42. The second-order valence-corrected chi connectivity index (χ2v) is 5.47. The molecule has 0 aliphatic heterocycles. The van der Waals surface area contributed by atoms with Gasteiger partial charge in [-0.2, -0.15) is 0 Å². The van der Waals surface area contributed by atoms with Gasteiger partial charge in [0.1, 0.15) is 0 Å². The van der Waals surface area contributed by atoms with Crippen LogP contribution in [0, 0.1) is 0 Å². The van der Waals surface area contributed by atoms with Gasteiger partial charge in [0.15, 0.2) is 0 Å². The standard InChI is InChI=1S/C14H18BrN3/c1-2-10-18-13(11-16-17-18)8-9-14(15)12-6-4-3-5-7-12/h3-7,11,14H,2,8-10H2,1H3. The minimum absolute atomic E-state index is 0.392. The van der Waals surface area contributed by atoms with Crippen molar-refractivity contribution in [2.24, 2.45) is 0 Å². The second kappa shape index (κ2) is 6.69. The van der Waals surface area contributed by atoms with Gasteiger partial charge < -0.3 is 0 Å². The maximum absolute atomic E-state index is 4.11. The first-order valence-corrected chi connectivity index (χ1v) is 7.29. The first kappa shape index (κ1) is 13.3. The minimum Gasteiger partial charge on any atom is -0.249 e. The molecule has 0 fully saturated rings. The molecule has 1 atom stereocenters. The van der Waals surface area contributed by atoms with E-state index in [0.717, 1.165) is 25.8 Å². The number of aromatic nitrogens is 3. The van der Waals surface area contributed by atoms with E-state index >= 15 is 0 Å². The van der Waals surface area contributed by atoms with Crippen LogP contribution >= 0.6 is 15.9 Å². The fourth-order valence-electron chi connectivity index (χ4n) is 1.98. The maximum Gasteiger partial charge on any atom is 0.0725 e. The zero-order chi connectivity index (χ0) is 12.8. The Morgan fingerprint density at radius 1 is 1.28 bits per heavy atom. The molecule has 2 rings (SSSR count). The summed E-state index contributed by atoms with van der Waals surface area (Å²) in [6.07, 6.45) is 5.02. The van der Waals surface area contributed by atoms with Crippen LogP contribution in [0.2, 0.25) is 0 Å². The average molecular weight is 308 g/mol. The van der Waals surface area contributed by atoms with Crippen molar-refractivity contribution in [2.75, 3.05) is 0 Å². The van der Waals surface area contributed by atoms with Gasteiger partial charge in [-0.3, -0.25) is 0 Å². The van der Waals surface area contributed by atoms with Crippen LogP contribution in [0.4, 0.5) is 0 Å². The smallest absolute Gasteiger partial charge is 0.0725 e. The molecule has 0 aliphatic rings. The summed E-state index contributed by atoms with van der Waals surface area (Å²) in [5.74, 6) is 0. The van der Waals surface area contributed by atoms with Gasteiger partial charge in [0.2, 0.25) is 0 Å². The summed E-state index contributed by atoms with van der Waals surface area (Å²) >= 11 is 3.75. The van der Waals surface area contributed by atoms with Crippen molar-refractivity contribution in [2.45, 2.75) is 37.6 Å². The molecule has 0 aliphatic carbocycles. The van der Waals surface area contributed by atoms with Crippen molar-refractivity contribution in [3.63, 3.8) is 0 Å². The summed E-state index contributed by atoms with van der Waals surface area (Å²) in [7, 11) is 0. The van der Waals surface area contributed by atoms with Gasteiger partial charge in [-0.15, -0.1) is 5.10 Å². The second-order valence-electron chi connectivity index (χ2n) is 4.37. The van der Waals surface area contributed by atoms with Crippen molar-refractivity contribution in [1.82, 2.24) is 15.0 Å². The zero-order valence-electron chi connectivity index (χ0n) is 10.6. The molecule has 0 saturated carbocycles. The van der Waals surface area contributed by atoms with E-state index in [-0.39, 0.29) is 0 Å².